The minimum absolute atomic E-state index is 0. The predicted octanol–water partition coefficient (Wildman–Crippen LogP) is 2.79. The lowest BCUT2D eigenvalue weighted by Crippen LogP contribution is -2.69. The Balaban J connectivity index is 0.00000300. The number of hydrogen-bond donors (Lipinski definition) is 2. The maximum Gasteiger partial charge on any atom is 0.191 e. The van der Waals surface area contributed by atoms with Crippen molar-refractivity contribution in [3.63, 3.8) is 0 Å². The number of nitrogens with one attached hydrogen (secondary N) is 2. The summed E-state index contributed by atoms with van der Waals surface area (Å²) < 4.78 is 11.4. The van der Waals surface area contributed by atoms with E-state index in [2.05, 4.69) is 59.3 Å². The number of rotatable bonds is 5. The summed E-state index contributed by atoms with van der Waals surface area (Å²) in [5.74, 6) is 1.82. The predicted molar refractivity (Wildman–Crippen MR) is 128 cm³/mol. The fourth-order valence-corrected chi connectivity index (χ4v) is 4.04. The number of guanidine groups is 1. The van der Waals surface area contributed by atoms with E-state index in [4.69, 9.17) is 9.47 Å². The van der Waals surface area contributed by atoms with Gasteiger partial charge in [0.15, 0.2) is 5.96 Å². The van der Waals surface area contributed by atoms with Gasteiger partial charge < -0.3 is 25.0 Å². The van der Waals surface area contributed by atoms with E-state index in [9.17, 15) is 0 Å². The average molecular weight is 517 g/mol. The molecule has 1 aromatic rings. The molecule has 1 aliphatic heterocycles. The summed E-state index contributed by atoms with van der Waals surface area (Å²) in [6.07, 6.45) is 3.08. The molecule has 2 fully saturated rings. The summed E-state index contributed by atoms with van der Waals surface area (Å²) in [5.41, 5.74) is 1.12. The van der Waals surface area contributed by atoms with E-state index in [1.807, 2.05) is 19.3 Å². The Morgan fingerprint density at radius 2 is 2.17 bits per heavy atom. The Bertz CT molecular complexity index is 714. The molecule has 2 heterocycles. The number of nitrogens with zero attached hydrogens (tertiary/aromatic N) is 3. The lowest BCUT2D eigenvalue weighted by atomic mass is 9.56. The molecule has 3 unspecified atom stereocenters. The molecule has 3 atom stereocenters. The van der Waals surface area contributed by atoms with Gasteiger partial charge >= 0.3 is 0 Å². The van der Waals surface area contributed by atoms with E-state index in [0.29, 0.717) is 12.6 Å². The molecule has 2 aliphatic rings. The third kappa shape index (κ3) is 5.14. The van der Waals surface area contributed by atoms with Crippen molar-refractivity contribution in [1.29, 1.82) is 0 Å². The maximum absolute atomic E-state index is 5.72. The largest absolute Gasteiger partial charge is 0.378 e. The van der Waals surface area contributed by atoms with Crippen LogP contribution in [0.25, 0.3) is 0 Å². The second-order valence-electron chi connectivity index (χ2n) is 8.63. The Morgan fingerprint density at radius 3 is 2.79 bits per heavy atom. The van der Waals surface area contributed by atoms with Crippen LogP contribution in [0.5, 0.6) is 0 Å². The van der Waals surface area contributed by atoms with Gasteiger partial charge in [-0.25, -0.2) is 4.98 Å². The van der Waals surface area contributed by atoms with Gasteiger partial charge in [0, 0.05) is 51.4 Å². The summed E-state index contributed by atoms with van der Waals surface area (Å²) in [6.45, 7) is 12.0. The van der Waals surface area contributed by atoms with Gasteiger partial charge in [0.05, 0.1) is 18.3 Å². The van der Waals surface area contributed by atoms with Crippen molar-refractivity contribution in [3.8, 4) is 0 Å². The van der Waals surface area contributed by atoms with E-state index in [1.54, 1.807) is 7.11 Å². The van der Waals surface area contributed by atoms with Crippen molar-refractivity contribution in [3.05, 3.63) is 23.9 Å². The van der Waals surface area contributed by atoms with Crippen LogP contribution >= 0.6 is 24.0 Å². The van der Waals surface area contributed by atoms with Crippen molar-refractivity contribution < 1.29 is 9.47 Å². The monoisotopic (exact) mass is 517 g/mol. The number of morpholine rings is 1. The number of aromatic nitrogens is 1. The Labute approximate surface area is 192 Å². The second kappa shape index (κ2) is 9.78. The molecule has 1 aliphatic carbocycles. The Morgan fingerprint density at radius 1 is 1.41 bits per heavy atom. The van der Waals surface area contributed by atoms with Crippen LogP contribution in [0.4, 0.5) is 5.82 Å². The molecular weight excluding hydrogens is 481 g/mol. The van der Waals surface area contributed by atoms with Crippen LogP contribution in [0.15, 0.2) is 23.3 Å². The van der Waals surface area contributed by atoms with Gasteiger partial charge in [0.1, 0.15) is 5.82 Å². The first-order chi connectivity index (χ1) is 13.3. The van der Waals surface area contributed by atoms with Crippen molar-refractivity contribution in [1.82, 2.24) is 15.6 Å². The molecule has 2 N–H and O–H groups in total. The van der Waals surface area contributed by atoms with Crippen LogP contribution in [0.1, 0.15) is 39.7 Å². The fourth-order valence-electron chi connectivity index (χ4n) is 4.04. The molecule has 0 spiro atoms. The van der Waals surface area contributed by atoms with E-state index < -0.39 is 0 Å². The van der Waals surface area contributed by atoms with Gasteiger partial charge in [-0.15, -0.1) is 24.0 Å². The first kappa shape index (κ1) is 24.1. The molecule has 1 saturated carbocycles. The van der Waals surface area contributed by atoms with Crippen LogP contribution in [0, 0.1) is 5.41 Å². The maximum atomic E-state index is 5.72. The summed E-state index contributed by atoms with van der Waals surface area (Å²) in [4.78, 5) is 11.2. The smallest absolute Gasteiger partial charge is 0.191 e. The van der Waals surface area contributed by atoms with E-state index >= 15 is 0 Å². The van der Waals surface area contributed by atoms with Gasteiger partial charge in [0.2, 0.25) is 0 Å². The first-order valence-corrected chi connectivity index (χ1v) is 10.1. The lowest BCUT2D eigenvalue weighted by molar-refractivity contribution is -0.176. The number of anilines is 1. The van der Waals surface area contributed by atoms with Crippen LogP contribution in [-0.2, 0) is 16.0 Å². The Kier molecular flexibility index (Phi) is 8.15. The number of ether oxygens (including phenoxy) is 2. The van der Waals surface area contributed by atoms with E-state index in [1.165, 1.54) is 5.56 Å². The van der Waals surface area contributed by atoms with E-state index in [0.717, 1.165) is 37.9 Å². The van der Waals surface area contributed by atoms with Crippen LogP contribution in [0.2, 0.25) is 0 Å². The number of aliphatic imine (C=N–C) groups is 1. The highest BCUT2D eigenvalue weighted by Gasteiger charge is 2.58. The zero-order valence-corrected chi connectivity index (χ0v) is 20.8. The highest BCUT2D eigenvalue weighted by molar-refractivity contribution is 14.0. The van der Waals surface area contributed by atoms with Crippen LogP contribution in [0.3, 0.4) is 0 Å². The average Bonchev–Trinajstić information content (AvgIpc) is 2.70. The molecule has 7 nitrogen and oxygen atoms in total. The molecule has 29 heavy (non-hydrogen) atoms. The van der Waals surface area contributed by atoms with Crippen molar-refractivity contribution in [2.45, 2.75) is 58.4 Å². The molecule has 0 bridgehead atoms. The molecule has 0 amide bonds. The van der Waals surface area contributed by atoms with Crippen LogP contribution < -0.4 is 15.5 Å². The van der Waals surface area contributed by atoms with Gasteiger partial charge in [-0.2, -0.15) is 0 Å². The zero-order chi connectivity index (χ0) is 20.4. The molecule has 1 aromatic heterocycles. The van der Waals surface area contributed by atoms with Crippen molar-refractivity contribution in [2.75, 3.05) is 38.8 Å². The molecular formula is C21H36IN5O2. The summed E-state index contributed by atoms with van der Waals surface area (Å²) in [6, 6.07) is 4.52. The van der Waals surface area contributed by atoms with Gasteiger partial charge in [-0.1, -0.05) is 13.8 Å². The molecule has 0 radical (unpaired) electrons. The topological polar surface area (TPSA) is 71.0 Å². The third-order valence-electron chi connectivity index (χ3n) is 6.65. The summed E-state index contributed by atoms with van der Waals surface area (Å²) >= 11 is 0. The van der Waals surface area contributed by atoms with E-state index in [-0.39, 0.29) is 41.1 Å². The highest BCUT2D eigenvalue weighted by atomic mass is 127. The van der Waals surface area contributed by atoms with Gasteiger partial charge in [-0.05, 0) is 38.0 Å². The second-order valence-corrected chi connectivity index (χ2v) is 8.63. The number of hydrogen-bond acceptors (Lipinski definition) is 5. The summed E-state index contributed by atoms with van der Waals surface area (Å²) in [5, 5.41) is 6.99. The number of halogens is 1. The molecule has 164 valence electrons. The van der Waals surface area contributed by atoms with Gasteiger partial charge in [-0.3, -0.25) is 4.99 Å². The zero-order valence-electron chi connectivity index (χ0n) is 18.5. The van der Waals surface area contributed by atoms with Crippen molar-refractivity contribution >= 4 is 35.8 Å². The minimum atomic E-state index is -0.0984. The van der Waals surface area contributed by atoms with Gasteiger partial charge in [0.25, 0.3) is 0 Å². The van der Waals surface area contributed by atoms with Crippen molar-refractivity contribution in [2.24, 2.45) is 10.4 Å². The Hall–Kier alpha value is -1.13. The third-order valence-corrected chi connectivity index (χ3v) is 6.65. The molecule has 1 saturated heterocycles. The summed E-state index contributed by atoms with van der Waals surface area (Å²) in [7, 11) is 3.60. The quantitative estimate of drug-likeness (QED) is 0.356. The minimum Gasteiger partial charge on any atom is -0.378 e. The lowest BCUT2D eigenvalue weighted by Gasteiger charge is -2.59. The molecule has 8 heteroatoms. The first-order valence-electron chi connectivity index (χ1n) is 10.1. The molecule has 3 rings (SSSR count). The standard InChI is InChI=1S/C21H35N5O2.HI/c1-15-14-26(9-10-28-15)18-11-16(7-8-23-18)13-24-19(22-5)25-17-12-21(4,27-6)20(17,2)3;/h7-8,11,15,17H,9-10,12-14H2,1-6H3,(H2,22,24,25);1H. The highest BCUT2D eigenvalue weighted by Crippen LogP contribution is 2.51. The normalized spacial score (nSPS) is 28.9. The SMILES string of the molecule is CN=C(NCc1ccnc(N2CCOC(C)C2)c1)NC1CC(C)(OC)C1(C)C.I. The fraction of sp³-hybridized carbons (Fsp3) is 0.714. The molecule has 0 aromatic carbocycles. The number of pyridine rings is 1. The number of methoxy groups -OCH3 is 1. The van der Waals surface area contributed by atoms with Crippen LogP contribution in [-0.4, -0.2) is 62.5 Å².